The number of thioether (sulfide) groups is 1. The quantitative estimate of drug-likeness (QED) is 0.877. The van der Waals surface area contributed by atoms with Crippen LogP contribution in [0.4, 0.5) is 0 Å². The molecule has 2 rings (SSSR count). The van der Waals surface area contributed by atoms with Crippen LogP contribution in [0.25, 0.3) is 0 Å². The van der Waals surface area contributed by atoms with Crippen molar-refractivity contribution in [2.24, 2.45) is 5.92 Å². The van der Waals surface area contributed by atoms with Gasteiger partial charge in [-0.15, -0.1) is 11.8 Å². The molecule has 4 heteroatoms. The number of aliphatic hydroxyl groups excluding tert-OH is 1. The highest BCUT2D eigenvalue weighted by molar-refractivity contribution is 8.00. The third-order valence-electron chi connectivity index (χ3n) is 4.02. The van der Waals surface area contributed by atoms with Gasteiger partial charge in [0.05, 0.1) is 6.10 Å². The molecule has 110 valence electrons. The number of amides is 1. The topological polar surface area (TPSA) is 49.3 Å². The molecule has 3 unspecified atom stereocenters. The minimum atomic E-state index is -0.465. The molecule has 0 saturated carbocycles. The van der Waals surface area contributed by atoms with Crippen LogP contribution in [0.1, 0.15) is 36.6 Å². The van der Waals surface area contributed by atoms with Crippen LogP contribution < -0.4 is 5.32 Å². The fraction of sp³-hybridized carbons (Fsp3) is 0.562. The van der Waals surface area contributed by atoms with Gasteiger partial charge in [-0.05, 0) is 29.2 Å². The van der Waals surface area contributed by atoms with Gasteiger partial charge in [-0.1, -0.05) is 44.5 Å². The molecule has 2 N–H and O–H groups in total. The Kier molecular flexibility index (Phi) is 5.49. The highest BCUT2D eigenvalue weighted by Crippen LogP contribution is 2.36. The van der Waals surface area contributed by atoms with Crippen LogP contribution >= 0.6 is 11.8 Å². The molecule has 0 spiro atoms. The molecule has 1 aliphatic rings. The van der Waals surface area contributed by atoms with Gasteiger partial charge in [0.1, 0.15) is 5.25 Å². The van der Waals surface area contributed by atoms with Crippen LogP contribution in [0.3, 0.4) is 0 Å². The molecule has 1 aromatic carbocycles. The summed E-state index contributed by atoms with van der Waals surface area (Å²) < 4.78 is 0. The molecule has 0 saturated heterocycles. The summed E-state index contributed by atoms with van der Waals surface area (Å²) in [5, 5.41) is 12.7. The van der Waals surface area contributed by atoms with Gasteiger partial charge in [0.25, 0.3) is 0 Å². The molecule has 0 bridgehead atoms. The van der Waals surface area contributed by atoms with E-state index in [2.05, 4.69) is 11.4 Å². The summed E-state index contributed by atoms with van der Waals surface area (Å²) >= 11 is 1.69. The summed E-state index contributed by atoms with van der Waals surface area (Å²) in [6.45, 7) is 4.39. The van der Waals surface area contributed by atoms with E-state index < -0.39 is 6.10 Å². The van der Waals surface area contributed by atoms with Crippen molar-refractivity contribution >= 4 is 17.7 Å². The maximum absolute atomic E-state index is 12.3. The normalized spacial score (nSPS) is 20.9. The smallest absolute Gasteiger partial charge is 0.237 e. The number of aliphatic hydroxyl groups is 1. The van der Waals surface area contributed by atoms with Gasteiger partial charge >= 0.3 is 0 Å². The summed E-state index contributed by atoms with van der Waals surface area (Å²) in [4.78, 5) is 12.3. The van der Waals surface area contributed by atoms with E-state index in [0.717, 1.165) is 24.2 Å². The Morgan fingerprint density at radius 3 is 3.00 bits per heavy atom. The molecular formula is C16H23NO2S. The van der Waals surface area contributed by atoms with Crippen molar-refractivity contribution in [2.75, 3.05) is 12.3 Å². The van der Waals surface area contributed by atoms with Crippen LogP contribution in [-0.2, 0) is 11.2 Å². The van der Waals surface area contributed by atoms with E-state index in [9.17, 15) is 9.90 Å². The van der Waals surface area contributed by atoms with Crippen molar-refractivity contribution in [2.45, 2.75) is 38.0 Å². The van der Waals surface area contributed by atoms with Gasteiger partial charge < -0.3 is 10.4 Å². The molecule has 1 aliphatic heterocycles. The molecular weight excluding hydrogens is 270 g/mol. The first-order chi connectivity index (χ1) is 9.63. The summed E-state index contributed by atoms with van der Waals surface area (Å²) in [6.07, 6.45) is 1.48. The highest BCUT2D eigenvalue weighted by Gasteiger charge is 2.27. The first kappa shape index (κ1) is 15.4. The zero-order valence-electron chi connectivity index (χ0n) is 12.1. The van der Waals surface area contributed by atoms with Crippen molar-refractivity contribution in [1.29, 1.82) is 0 Å². The van der Waals surface area contributed by atoms with Crippen molar-refractivity contribution in [3.63, 3.8) is 0 Å². The number of hydrogen-bond donors (Lipinski definition) is 2. The second-order valence-electron chi connectivity index (χ2n) is 5.40. The standard InChI is InChI=1S/C16H23NO2S/c1-3-11(2)14(18)10-17-16(19)15-13-7-5-4-6-12(13)8-9-20-15/h4-7,11,14-15,18H,3,8-10H2,1-2H3,(H,17,19). The number of rotatable bonds is 5. The Hall–Kier alpha value is -1.00. The first-order valence-electron chi connectivity index (χ1n) is 7.28. The SMILES string of the molecule is CCC(C)C(O)CNC(=O)C1SCCc2ccccc21. The Balaban J connectivity index is 1.97. The molecule has 0 aromatic heterocycles. The maximum atomic E-state index is 12.3. The summed E-state index contributed by atoms with van der Waals surface area (Å²) in [5.41, 5.74) is 2.40. The lowest BCUT2D eigenvalue weighted by atomic mass is 10.0. The summed E-state index contributed by atoms with van der Waals surface area (Å²) in [7, 11) is 0. The van der Waals surface area contributed by atoms with E-state index in [1.165, 1.54) is 5.56 Å². The molecule has 0 aliphatic carbocycles. The van der Waals surface area contributed by atoms with Crippen molar-refractivity contribution < 1.29 is 9.90 Å². The Labute approximate surface area is 125 Å². The van der Waals surface area contributed by atoms with Crippen LogP contribution in [0.2, 0.25) is 0 Å². The summed E-state index contributed by atoms with van der Waals surface area (Å²) in [6, 6.07) is 8.15. The van der Waals surface area contributed by atoms with Crippen molar-refractivity contribution in [3.8, 4) is 0 Å². The van der Waals surface area contributed by atoms with Gasteiger partial charge in [0.15, 0.2) is 0 Å². The van der Waals surface area contributed by atoms with Crippen LogP contribution in [0, 0.1) is 5.92 Å². The maximum Gasteiger partial charge on any atom is 0.237 e. The predicted octanol–water partition coefficient (Wildman–Crippen LogP) is 2.54. The van der Waals surface area contributed by atoms with E-state index in [-0.39, 0.29) is 17.1 Å². The fourth-order valence-corrected chi connectivity index (χ4v) is 3.60. The lowest BCUT2D eigenvalue weighted by Gasteiger charge is -2.25. The number of fused-ring (bicyclic) bond motifs is 1. The molecule has 0 radical (unpaired) electrons. The third kappa shape index (κ3) is 3.55. The number of aryl methyl sites for hydroxylation is 1. The van der Waals surface area contributed by atoms with Gasteiger partial charge in [0.2, 0.25) is 5.91 Å². The van der Waals surface area contributed by atoms with Gasteiger partial charge in [-0.25, -0.2) is 0 Å². The first-order valence-corrected chi connectivity index (χ1v) is 8.33. The lowest BCUT2D eigenvalue weighted by Crippen LogP contribution is -2.38. The monoisotopic (exact) mass is 293 g/mol. The minimum Gasteiger partial charge on any atom is -0.391 e. The second-order valence-corrected chi connectivity index (χ2v) is 6.61. The molecule has 1 heterocycles. The zero-order chi connectivity index (χ0) is 14.5. The van der Waals surface area contributed by atoms with Gasteiger partial charge in [-0.2, -0.15) is 0 Å². The molecule has 1 aromatic rings. The van der Waals surface area contributed by atoms with E-state index in [4.69, 9.17) is 0 Å². The summed E-state index contributed by atoms with van der Waals surface area (Å²) in [5.74, 6) is 1.20. The number of nitrogens with one attached hydrogen (secondary N) is 1. The fourth-order valence-electron chi connectivity index (χ4n) is 2.38. The third-order valence-corrected chi connectivity index (χ3v) is 5.26. The van der Waals surface area contributed by atoms with Gasteiger partial charge in [-0.3, -0.25) is 4.79 Å². The molecule has 3 nitrogen and oxygen atoms in total. The van der Waals surface area contributed by atoms with E-state index in [1.54, 1.807) is 11.8 Å². The van der Waals surface area contributed by atoms with E-state index in [1.807, 2.05) is 32.0 Å². The number of carbonyl (C=O) groups excluding carboxylic acids is 1. The Morgan fingerprint density at radius 1 is 1.50 bits per heavy atom. The Morgan fingerprint density at radius 2 is 2.25 bits per heavy atom. The molecule has 3 atom stereocenters. The number of benzene rings is 1. The second kappa shape index (κ2) is 7.14. The Bertz CT molecular complexity index is 464. The van der Waals surface area contributed by atoms with Gasteiger partial charge in [0, 0.05) is 6.54 Å². The average Bonchev–Trinajstić information content (AvgIpc) is 2.50. The predicted molar refractivity (Wildman–Crippen MR) is 83.8 cm³/mol. The van der Waals surface area contributed by atoms with E-state index in [0.29, 0.717) is 6.54 Å². The van der Waals surface area contributed by atoms with Crippen LogP contribution in [0.5, 0.6) is 0 Å². The number of hydrogen-bond acceptors (Lipinski definition) is 3. The molecule has 1 amide bonds. The van der Waals surface area contributed by atoms with Crippen molar-refractivity contribution in [3.05, 3.63) is 35.4 Å². The number of carbonyl (C=O) groups is 1. The largest absolute Gasteiger partial charge is 0.391 e. The van der Waals surface area contributed by atoms with Crippen LogP contribution in [-0.4, -0.2) is 29.4 Å². The minimum absolute atomic E-state index is 0.0181. The van der Waals surface area contributed by atoms with E-state index >= 15 is 0 Å². The van der Waals surface area contributed by atoms with Crippen molar-refractivity contribution in [1.82, 2.24) is 5.32 Å². The lowest BCUT2D eigenvalue weighted by molar-refractivity contribution is -0.121. The molecule has 0 fully saturated rings. The van der Waals surface area contributed by atoms with Crippen LogP contribution in [0.15, 0.2) is 24.3 Å². The highest BCUT2D eigenvalue weighted by atomic mass is 32.2. The zero-order valence-corrected chi connectivity index (χ0v) is 13.0. The average molecular weight is 293 g/mol. The molecule has 20 heavy (non-hydrogen) atoms.